The fourth-order valence-electron chi connectivity index (χ4n) is 3.50. The summed E-state index contributed by atoms with van der Waals surface area (Å²) in [4.78, 5) is 27.2. The van der Waals surface area contributed by atoms with E-state index >= 15 is 0 Å². The van der Waals surface area contributed by atoms with Crippen LogP contribution in [0.2, 0.25) is 0 Å². The highest BCUT2D eigenvalue weighted by Gasteiger charge is 2.48. The lowest BCUT2D eigenvalue weighted by Gasteiger charge is -2.23. The first-order valence-corrected chi connectivity index (χ1v) is 9.04. The second-order valence-electron chi connectivity index (χ2n) is 6.54. The van der Waals surface area contributed by atoms with Crippen molar-refractivity contribution in [3.63, 3.8) is 0 Å². The minimum atomic E-state index is -0.974. The number of hydrogen-bond acceptors (Lipinski definition) is 6. The number of benzene rings is 2. The van der Waals surface area contributed by atoms with E-state index < -0.39 is 17.7 Å². The molecule has 1 aliphatic heterocycles. The lowest BCUT2D eigenvalue weighted by Crippen LogP contribution is -2.29. The molecule has 30 heavy (non-hydrogen) atoms. The molecule has 0 radical (unpaired) electrons. The molecular weight excluding hydrogens is 384 g/mol. The van der Waals surface area contributed by atoms with E-state index in [-0.39, 0.29) is 16.9 Å². The fourth-order valence-corrected chi connectivity index (χ4v) is 3.50. The number of aliphatic hydroxyl groups is 1. The average molecular weight is 400 g/mol. The van der Waals surface area contributed by atoms with Crippen LogP contribution in [0.4, 0.5) is 5.69 Å². The minimum absolute atomic E-state index is 0.108. The van der Waals surface area contributed by atoms with Gasteiger partial charge in [0.1, 0.15) is 23.3 Å². The average Bonchev–Trinajstić information content (AvgIpc) is 3.40. The summed E-state index contributed by atoms with van der Waals surface area (Å²) in [7, 11) is 1.45. The predicted octanol–water partition coefficient (Wildman–Crippen LogP) is 3.79. The molecule has 1 unspecified atom stereocenters. The van der Waals surface area contributed by atoms with E-state index in [2.05, 4.69) is 0 Å². The summed E-state index contributed by atoms with van der Waals surface area (Å²) in [6.07, 6.45) is 1.43. The van der Waals surface area contributed by atoms with Gasteiger partial charge in [-0.1, -0.05) is 12.1 Å². The number of hydrogen-bond donors (Lipinski definition) is 1. The number of furan rings is 1. The Labute approximate surface area is 172 Å². The number of amides is 1. The summed E-state index contributed by atoms with van der Waals surface area (Å²) in [5.41, 5.74) is 0.994. The van der Waals surface area contributed by atoms with Gasteiger partial charge in [-0.2, -0.15) is 5.26 Å². The molecule has 1 amide bonds. The molecule has 1 aliphatic rings. The molecule has 2 heterocycles. The van der Waals surface area contributed by atoms with Gasteiger partial charge in [0.15, 0.2) is 0 Å². The summed E-state index contributed by atoms with van der Waals surface area (Å²) < 4.78 is 10.8. The Morgan fingerprint density at radius 1 is 1.10 bits per heavy atom. The molecule has 0 spiro atoms. The molecule has 2 aromatic carbocycles. The zero-order valence-corrected chi connectivity index (χ0v) is 15.9. The Kier molecular flexibility index (Phi) is 4.82. The van der Waals surface area contributed by atoms with Crippen LogP contribution in [-0.4, -0.2) is 23.9 Å². The highest BCUT2D eigenvalue weighted by molar-refractivity contribution is 6.51. The van der Waals surface area contributed by atoms with Crippen molar-refractivity contribution in [1.29, 1.82) is 5.26 Å². The lowest BCUT2D eigenvalue weighted by molar-refractivity contribution is -0.132. The van der Waals surface area contributed by atoms with E-state index in [0.717, 1.165) is 0 Å². The summed E-state index contributed by atoms with van der Waals surface area (Å²) in [5, 5.41) is 20.1. The second kappa shape index (κ2) is 7.60. The Morgan fingerprint density at radius 2 is 1.83 bits per heavy atom. The zero-order valence-electron chi connectivity index (χ0n) is 15.9. The van der Waals surface area contributed by atoms with Gasteiger partial charge >= 0.3 is 0 Å². The highest BCUT2D eigenvalue weighted by Crippen LogP contribution is 2.43. The number of aliphatic hydroxyl groups excluding tert-OH is 1. The summed E-state index contributed by atoms with van der Waals surface area (Å²) >= 11 is 0. The topological polar surface area (TPSA) is 104 Å². The number of nitrogens with zero attached hydrogens (tertiary/aromatic N) is 2. The van der Waals surface area contributed by atoms with Crippen molar-refractivity contribution in [3.8, 4) is 11.8 Å². The van der Waals surface area contributed by atoms with E-state index in [1.54, 1.807) is 60.7 Å². The maximum absolute atomic E-state index is 13.0. The third-order valence-corrected chi connectivity index (χ3v) is 4.89. The van der Waals surface area contributed by atoms with Gasteiger partial charge in [-0.25, -0.2) is 0 Å². The van der Waals surface area contributed by atoms with E-state index in [4.69, 9.17) is 14.4 Å². The molecule has 1 N–H and O–H groups in total. The quantitative estimate of drug-likeness (QED) is 0.406. The van der Waals surface area contributed by atoms with Crippen LogP contribution in [0.25, 0.3) is 5.76 Å². The van der Waals surface area contributed by atoms with E-state index in [9.17, 15) is 14.7 Å². The monoisotopic (exact) mass is 400 g/mol. The Morgan fingerprint density at radius 3 is 2.47 bits per heavy atom. The van der Waals surface area contributed by atoms with Gasteiger partial charge in [0.2, 0.25) is 0 Å². The number of Topliss-reactive ketones (excluding diaryl/α,β-unsaturated/α-hetero) is 1. The third-order valence-electron chi connectivity index (χ3n) is 4.89. The predicted molar refractivity (Wildman–Crippen MR) is 108 cm³/mol. The molecule has 1 saturated heterocycles. The van der Waals surface area contributed by atoms with Crippen molar-refractivity contribution in [1.82, 2.24) is 0 Å². The van der Waals surface area contributed by atoms with E-state index in [1.807, 2.05) is 6.07 Å². The minimum Gasteiger partial charge on any atom is -0.507 e. The first-order chi connectivity index (χ1) is 14.6. The van der Waals surface area contributed by atoms with Crippen LogP contribution in [-0.2, 0) is 9.59 Å². The van der Waals surface area contributed by atoms with Gasteiger partial charge in [-0.05, 0) is 48.5 Å². The third kappa shape index (κ3) is 3.01. The second-order valence-corrected chi connectivity index (χ2v) is 6.54. The normalized spacial score (nSPS) is 17.7. The molecular formula is C23H16N2O5. The van der Waals surface area contributed by atoms with Crippen molar-refractivity contribution in [3.05, 3.63) is 89.4 Å². The largest absolute Gasteiger partial charge is 0.507 e. The highest BCUT2D eigenvalue weighted by atomic mass is 16.5. The number of ketones is 1. The molecule has 7 nitrogen and oxygen atoms in total. The van der Waals surface area contributed by atoms with Crippen LogP contribution in [0.1, 0.15) is 22.9 Å². The molecule has 4 rings (SSSR count). The van der Waals surface area contributed by atoms with Gasteiger partial charge in [0.25, 0.3) is 11.7 Å². The summed E-state index contributed by atoms with van der Waals surface area (Å²) in [6.45, 7) is 0. The number of ether oxygens (including phenoxy) is 1. The Bertz CT molecular complexity index is 1190. The molecule has 0 bridgehead atoms. The Hall–Kier alpha value is -4.31. The smallest absolute Gasteiger partial charge is 0.300 e. The van der Waals surface area contributed by atoms with Crippen molar-refractivity contribution in [2.24, 2.45) is 0 Å². The molecule has 7 heteroatoms. The fraction of sp³-hybridized carbons (Fsp3) is 0.0870. The van der Waals surface area contributed by atoms with Crippen LogP contribution in [0.5, 0.6) is 5.75 Å². The number of anilines is 1. The molecule has 3 aromatic rings. The lowest BCUT2D eigenvalue weighted by atomic mass is 9.98. The SMILES string of the molecule is COc1ccccc1/C(O)=C1/C(=O)C(=O)N(c2ccc(C#N)cc2)C1c1ccco1. The number of nitriles is 1. The number of carbonyl (C=O) groups excluding carboxylic acids is 2. The number of para-hydroxylation sites is 1. The maximum atomic E-state index is 13.0. The summed E-state index contributed by atoms with van der Waals surface area (Å²) in [5.74, 6) is -1.34. The van der Waals surface area contributed by atoms with Crippen molar-refractivity contribution >= 4 is 23.1 Å². The van der Waals surface area contributed by atoms with E-state index in [1.165, 1.54) is 18.3 Å². The van der Waals surface area contributed by atoms with Gasteiger partial charge in [-0.15, -0.1) is 0 Å². The van der Waals surface area contributed by atoms with Crippen LogP contribution in [0.15, 0.2) is 76.9 Å². The molecule has 0 saturated carbocycles. The summed E-state index contributed by atoms with van der Waals surface area (Å²) in [6, 6.07) is 17.2. The molecule has 1 aromatic heterocycles. The van der Waals surface area contributed by atoms with Crippen molar-refractivity contribution < 1.29 is 23.8 Å². The maximum Gasteiger partial charge on any atom is 0.300 e. The van der Waals surface area contributed by atoms with Crippen LogP contribution in [0, 0.1) is 11.3 Å². The van der Waals surface area contributed by atoms with Gasteiger partial charge in [0, 0.05) is 5.69 Å². The van der Waals surface area contributed by atoms with Crippen molar-refractivity contribution in [2.75, 3.05) is 12.0 Å². The molecule has 1 atom stereocenters. The number of rotatable bonds is 4. The first kappa shape index (κ1) is 19.0. The standard InChI is InChI=1S/C23H16N2O5/c1-29-17-6-3-2-5-16(17)21(26)19-20(18-7-4-12-30-18)25(23(28)22(19)27)15-10-8-14(13-24)9-11-15/h2-12,20,26H,1H3/b21-19-. The van der Waals surface area contributed by atoms with E-state index in [0.29, 0.717) is 22.8 Å². The molecule has 148 valence electrons. The van der Waals surface area contributed by atoms with Gasteiger partial charge in [-0.3, -0.25) is 14.5 Å². The van der Waals surface area contributed by atoms with Crippen molar-refractivity contribution in [2.45, 2.75) is 6.04 Å². The van der Waals surface area contributed by atoms with Crippen LogP contribution < -0.4 is 9.64 Å². The zero-order chi connectivity index (χ0) is 21.3. The van der Waals surface area contributed by atoms with Crippen LogP contribution >= 0.6 is 0 Å². The Balaban J connectivity index is 1.93. The number of carbonyl (C=O) groups is 2. The van der Waals surface area contributed by atoms with Gasteiger partial charge in [0.05, 0.1) is 36.1 Å². The van der Waals surface area contributed by atoms with Gasteiger partial charge < -0.3 is 14.3 Å². The van der Waals surface area contributed by atoms with Crippen LogP contribution in [0.3, 0.4) is 0 Å². The first-order valence-electron chi connectivity index (χ1n) is 9.04. The molecule has 0 aliphatic carbocycles. The number of methoxy groups -OCH3 is 1. The molecule has 1 fully saturated rings.